The van der Waals surface area contributed by atoms with Gasteiger partial charge in [-0.15, -0.1) is 0 Å². The van der Waals surface area contributed by atoms with Crippen LogP contribution in [-0.2, 0) is 12.8 Å². The van der Waals surface area contributed by atoms with E-state index < -0.39 is 0 Å². The van der Waals surface area contributed by atoms with Gasteiger partial charge in [0.25, 0.3) is 0 Å². The number of hydrogen-bond acceptors (Lipinski definition) is 0. The van der Waals surface area contributed by atoms with Gasteiger partial charge in [-0.05, 0) is 43.2 Å². The van der Waals surface area contributed by atoms with Gasteiger partial charge in [-0.3, -0.25) is 0 Å². The van der Waals surface area contributed by atoms with Gasteiger partial charge in [-0.1, -0.05) is 80.9 Å². The van der Waals surface area contributed by atoms with Crippen molar-refractivity contribution in [1.29, 1.82) is 0 Å². The molecular formula is C20H28. The molecule has 0 aliphatic rings. The minimum Gasteiger partial charge on any atom is -0.0628 e. The Bertz CT molecular complexity index is 451. The molecule has 0 saturated carbocycles. The van der Waals surface area contributed by atoms with Crippen LogP contribution in [0.3, 0.4) is 0 Å². The number of aryl methyl sites for hydroxylation is 3. The SMILES string of the molecule is CCc1ccccc1.Cc1ccc(CCC(C)C)cc1. The van der Waals surface area contributed by atoms with E-state index in [0.717, 1.165) is 12.3 Å². The standard InChI is InChI=1S/C12H18.C8H10/c1-10(2)4-7-12-8-5-11(3)6-9-12;1-2-8-6-4-3-5-7-8/h5-6,8-10H,4,7H2,1-3H3;3-7H,2H2,1H3. The molecule has 108 valence electrons. The van der Waals surface area contributed by atoms with Crippen LogP contribution in [0.1, 0.15) is 43.9 Å². The molecule has 0 heteroatoms. The third-order valence-corrected chi connectivity index (χ3v) is 3.38. The third-order valence-electron chi connectivity index (χ3n) is 3.38. The Kier molecular flexibility index (Phi) is 7.72. The Morgan fingerprint density at radius 3 is 1.85 bits per heavy atom. The minimum atomic E-state index is 0.811. The van der Waals surface area contributed by atoms with Crippen LogP contribution >= 0.6 is 0 Å². The van der Waals surface area contributed by atoms with Crippen molar-refractivity contribution in [3.8, 4) is 0 Å². The van der Waals surface area contributed by atoms with Crippen molar-refractivity contribution in [2.75, 3.05) is 0 Å². The van der Waals surface area contributed by atoms with Crippen molar-refractivity contribution in [1.82, 2.24) is 0 Å². The highest BCUT2D eigenvalue weighted by atomic mass is 14.0. The van der Waals surface area contributed by atoms with Gasteiger partial charge in [0, 0.05) is 0 Å². The molecule has 0 aliphatic carbocycles. The second-order valence-corrected chi connectivity index (χ2v) is 5.76. The highest BCUT2D eigenvalue weighted by molar-refractivity contribution is 5.21. The van der Waals surface area contributed by atoms with E-state index in [1.807, 2.05) is 6.07 Å². The van der Waals surface area contributed by atoms with Crippen LogP contribution in [0.25, 0.3) is 0 Å². The molecule has 0 amide bonds. The van der Waals surface area contributed by atoms with Gasteiger partial charge in [-0.25, -0.2) is 0 Å². The summed E-state index contributed by atoms with van der Waals surface area (Å²) < 4.78 is 0. The van der Waals surface area contributed by atoms with Crippen LogP contribution in [-0.4, -0.2) is 0 Å². The second-order valence-electron chi connectivity index (χ2n) is 5.76. The molecule has 0 saturated heterocycles. The first-order chi connectivity index (χ1) is 9.61. The summed E-state index contributed by atoms with van der Waals surface area (Å²) in [5, 5.41) is 0. The molecule has 0 aliphatic heterocycles. The molecule has 2 rings (SSSR count). The quantitative estimate of drug-likeness (QED) is 0.654. The average molecular weight is 268 g/mol. The smallest absolute Gasteiger partial charge is 0.0276 e. The lowest BCUT2D eigenvalue weighted by molar-refractivity contribution is 0.586. The topological polar surface area (TPSA) is 0 Å². The highest BCUT2D eigenvalue weighted by Gasteiger charge is 1.95. The Morgan fingerprint density at radius 1 is 0.800 bits per heavy atom. The maximum Gasteiger partial charge on any atom is -0.0276 e. The van der Waals surface area contributed by atoms with Crippen LogP contribution in [0.5, 0.6) is 0 Å². The molecule has 0 N–H and O–H groups in total. The Labute approximate surface area is 124 Å². The summed E-state index contributed by atoms with van der Waals surface area (Å²) >= 11 is 0. The fraction of sp³-hybridized carbons (Fsp3) is 0.400. The van der Waals surface area contributed by atoms with E-state index in [1.54, 1.807) is 0 Å². The van der Waals surface area contributed by atoms with Crippen molar-refractivity contribution < 1.29 is 0 Å². The van der Waals surface area contributed by atoms with Crippen molar-refractivity contribution in [3.63, 3.8) is 0 Å². The fourth-order valence-electron chi connectivity index (χ4n) is 1.92. The van der Waals surface area contributed by atoms with E-state index in [4.69, 9.17) is 0 Å². The maximum atomic E-state index is 2.27. The first-order valence-corrected chi connectivity index (χ1v) is 7.71. The van der Waals surface area contributed by atoms with Gasteiger partial charge in [0.1, 0.15) is 0 Å². The van der Waals surface area contributed by atoms with Gasteiger partial charge in [-0.2, -0.15) is 0 Å². The summed E-state index contributed by atoms with van der Waals surface area (Å²) in [5.41, 5.74) is 4.23. The maximum absolute atomic E-state index is 2.27. The third kappa shape index (κ3) is 7.13. The summed E-state index contributed by atoms with van der Waals surface area (Å²) in [5.74, 6) is 0.811. The second kappa shape index (κ2) is 9.36. The van der Waals surface area contributed by atoms with Crippen LogP contribution in [0.2, 0.25) is 0 Å². The molecule has 2 aromatic carbocycles. The van der Waals surface area contributed by atoms with Crippen LogP contribution in [0.4, 0.5) is 0 Å². The van der Waals surface area contributed by atoms with Crippen LogP contribution in [0, 0.1) is 12.8 Å². The van der Waals surface area contributed by atoms with Gasteiger partial charge >= 0.3 is 0 Å². The average Bonchev–Trinajstić information content (AvgIpc) is 2.48. The summed E-state index contributed by atoms with van der Waals surface area (Å²) in [6.45, 7) is 8.84. The lowest BCUT2D eigenvalue weighted by Gasteiger charge is -2.04. The summed E-state index contributed by atoms with van der Waals surface area (Å²) in [6.07, 6.45) is 3.65. The molecule has 0 atom stereocenters. The lowest BCUT2D eigenvalue weighted by atomic mass is 10.0. The largest absolute Gasteiger partial charge is 0.0628 e. The molecule has 0 spiro atoms. The number of hydrogen-bond donors (Lipinski definition) is 0. The van der Waals surface area contributed by atoms with Crippen molar-refractivity contribution in [2.24, 2.45) is 5.92 Å². The van der Waals surface area contributed by atoms with E-state index in [-0.39, 0.29) is 0 Å². The Balaban J connectivity index is 0.000000217. The number of benzene rings is 2. The highest BCUT2D eigenvalue weighted by Crippen LogP contribution is 2.09. The van der Waals surface area contributed by atoms with Gasteiger partial charge in [0.05, 0.1) is 0 Å². The lowest BCUT2D eigenvalue weighted by Crippen LogP contribution is -1.91. The van der Waals surface area contributed by atoms with Gasteiger partial charge < -0.3 is 0 Å². The van der Waals surface area contributed by atoms with E-state index in [1.165, 1.54) is 29.5 Å². The molecule has 0 fully saturated rings. The Morgan fingerprint density at radius 2 is 1.40 bits per heavy atom. The molecule has 0 heterocycles. The van der Waals surface area contributed by atoms with Gasteiger partial charge in [0.15, 0.2) is 0 Å². The van der Waals surface area contributed by atoms with Crippen molar-refractivity contribution in [3.05, 3.63) is 71.3 Å². The molecular weight excluding hydrogens is 240 g/mol. The zero-order valence-electron chi connectivity index (χ0n) is 13.4. The zero-order valence-corrected chi connectivity index (χ0v) is 13.4. The Hall–Kier alpha value is -1.56. The normalized spacial score (nSPS) is 10.1. The summed E-state index contributed by atoms with van der Waals surface area (Å²) in [4.78, 5) is 0. The fourth-order valence-corrected chi connectivity index (χ4v) is 1.92. The zero-order chi connectivity index (χ0) is 14.8. The van der Waals surface area contributed by atoms with Crippen molar-refractivity contribution >= 4 is 0 Å². The van der Waals surface area contributed by atoms with Crippen LogP contribution in [0.15, 0.2) is 54.6 Å². The minimum absolute atomic E-state index is 0.811. The predicted molar refractivity (Wildman–Crippen MR) is 90.2 cm³/mol. The van der Waals surface area contributed by atoms with Gasteiger partial charge in [0.2, 0.25) is 0 Å². The van der Waals surface area contributed by atoms with E-state index in [0.29, 0.717) is 0 Å². The van der Waals surface area contributed by atoms with Crippen LogP contribution < -0.4 is 0 Å². The van der Waals surface area contributed by atoms with Crippen molar-refractivity contribution in [2.45, 2.75) is 47.0 Å². The number of rotatable bonds is 4. The van der Waals surface area contributed by atoms with E-state index >= 15 is 0 Å². The summed E-state index contributed by atoms with van der Waals surface area (Å²) in [7, 11) is 0. The summed E-state index contributed by atoms with van der Waals surface area (Å²) in [6, 6.07) is 19.3. The van der Waals surface area contributed by atoms with E-state index in [2.05, 4.69) is 76.2 Å². The first kappa shape index (κ1) is 16.5. The molecule has 0 nitrogen and oxygen atoms in total. The molecule has 2 aromatic rings. The monoisotopic (exact) mass is 268 g/mol. The predicted octanol–water partition coefficient (Wildman–Crippen LogP) is 5.83. The molecule has 0 aromatic heterocycles. The molecule has 0 radical (unpaired) electrons. The first-order valence-electron chi connectivity index (χ1n) is 7.71. The molecule has 0 bridgehead atoms. The molecule has 20 heavy (non-hydrogen) atoms. The molecule has 0 unspecified atom stereocenters. The van der Waals surface area contributed by atoms with E-state index in [9.17, 15) is 0 Å².